The molecule has 0 atom stereocenters. The number of hydrogen-bond acceptors (Lipinski definition) is 2. The van der Waals surface area contributed by atoms with Crippen LogP contribution in [-0.2, 0) is 0 Å². The standard InChI is InChI=1S/C11H22N2/c1(2-10-3-4-10)7-13-11-5-8-12-9-6-11/h10-13H,1-9H2. The fourth-order valence-corrected chi connectivity index (χ4v) is 2.13. The average molecular weight is 182 g/mol. The average Bonchev–Trinajstić information content (AvgIpc) is 2.98. The lowest BCUT2D eigenvalue weighted by atomic mass is 10.1. The van der Waals surface area contributed by atoms with Crippen molar-refractivity contribution in [3.8, 4) is 0 Å². The maximum atomic E-state index is 3.66. The summed E-state index contributed by atoms with van der Waals surface area (Å²) in [5, 5.41) is 7.06. The van der Waals surface area contributed by atoms with Crippen molar-refractivity contribution >= 4 is 0 Å². The monoisotopic (exact) mass is 182 g/mol. The van der Waals surface area contributed by atoms with Gasteiger partial charge in [-0.25, -0.2) is 0 Å². The molecule has 1 heterocycles. The van der Waals surface area contributed by atoms with E-state index >= 15 is 0 Å². The van der Waals surface area contributed by atoms with E-state index in [1.54, 1.807) is 0 Å². The van der Waals surface area contributed by atoms with Gasteiger partial charge in [0.05, 0.1) is 0 Å². The van der Waals surface area contributed by atoms with Gasteiger partial charge in [-0.15, -0.1) is 0 Å². The summed E-state index contributed by atoms with van der Waals surface area (Å²) in [6, 6.07) is 0.806. The Morgan fingerprint density at radius 1 is 1.08 bits per heavy atom. The Morgan fingerprint density at radius 2 is 1.85 bits per heavy atom. The minimum atomic E-state index is 0.806. The molecule has 0 bridgehead atoms. The molecule has 2 nitrogen and oxygen atoms in total. The van der Waals surface area contributed by atoms with Gasteiger partial charge in [0.2, 0.25) is 0 Å². The second-order valence-electron chi connectivity index (χ2n) is 4.56. The van der Waals surface area contributed by atoms with Crippen molar-refractivity contribution in [2.75, 3.05) is 19.6 Å². The van der Waals surface area contributed by atoms with E-state index in [4.69, 9.17) is 0 Å². The summed E-state index contributed by atoms with van der Waals surface area (Å²) in [7, 11) is 0. The van der Waals surface area contributed by atoms with Gasteiger partial charge in [-0.05, 0) is 51.2 Å². The van der Waals surface area contributed by atoms with Crippen LogP contribution in [0.3, 0.4) is 0 Å². The van der Waals surface area contributed by atoms with E-state index in [1.165, 1.54) is 58.2 Å². The molecule has 0 aromatic heterocycles. The maximum absolute atomic E-state index is 3.66. The van der Waals surface area contributed by atoms with E-state index in [9.17, 15) is 0 Å². The van der Waals surface area contributed by atoms with Crippen molar-refractivity contribution in [1.29, 1.82) is 0 Å². The first-order valence-corrected chi connectivity index (χ1v) is 5.89. The molecule has 13 heavy (non-hydrogen) atoms. The molecule has 76 valence electrons. The molecule has 2 fully saturated rings. The van der Waals surface area contributed by atoms with Crippen molar-refractivity contribution in [2.45, 2.75) is 44.6 Å². The molecule has 2 aliphatic rings. The molecule has 1 saturated carbocycles. The molecule has 0 spiro atoms. The van der Waals surface area contributed by atoms with Crippen LogP contribution in [-0.4, -0.2) is 25.7 Å². The van der Waals surface area contributed by atoms with Gasteiger partial charge < -0.3 is 10.6 Å². The molecule has 1 aliphatic heterocycles. The van der Waals surface area contributed by atoms with E-state index in [0.717, 1.165) is 12.0 Å². The fraction of sp³-hybridized carbons (Fsp3) is 1.00. The van der Waals surface area contributed by atoms with E-state index in [1.807, 2.05) is 0 Å². The van der Waals surface area contributed by atoms with Crippen molar-refractivity contribution in [3.05, 3.63) is 0 Å². The molecule has 0 radical (unpaired) electrons. The van der Waals surface area contributed by atoms with E-state index in [2.05, 4.69) is 10.6 Å². The second kappa shape index (κ2) is 4.97. The minimum absolute atomic E-state index is 0.806. The van der Waals surface area contributed by atoms with Crippen LogP contribution in [0.2, 0.25) is 0 Å². The van der Waals surface area contributed by atoms with Crippen LogP contribution in [0.5, 0.6) is 0 Å². The highest BCUT2D eigenvalue weighted by Gasteiger charge is 2.20. The van der Waals surface area contributed by atoms with Crippen molar-refractivity contribution in [3.63, 3.8) is 0 Å². The molecule has 0 aromatic carbocycles. The van der Waals surface area contributed by atoms with Gasteiger partial charge in [-0.3, -0.25) is 0 Å². The molecule has 1 saturated heterocycles. The third-order valence-electron chi connectivity index (χ3n) is 3.26. The molecule has 2 heteroatoms. The van der Waals surface area contributed by atoms with Gasteiger partial charge >= 0.3 is 0 Å². The summed E-state index contributed by atoms with van der Waals surface area (Å²) in [4.78, 5) is 0. The first kappa shape index (κ1) is 9.47. The van der Waals surface area contributed by atoms with Crippen LogP contribution in [0.15, 0.2) is 0 Å². The van der Waals surface area contributed by atoms with E-state index in [0.29, 0.717) is 0 Å². The van der Waals surface area contributed by atoms with Crippen molar-refractivity contribution in [2.24, 2.45) is 5.92 Å². The van der Waals surface area contributed by atoms with Crippen LogP contribution >= 0.6 is 0 Å². The molecule has 2 rings (SSSR count). The highest BCUT2D eigenvalue weighted by molar-refractivity contribution is 4.76. The Labute approximate surface area is 81.5 Å². The topological polar surface area (TPSA) is 24.1 Å². The number of piperidine rings is 1. The van der Waals surface area contributed by atoms with Crippen LogP contribution in [0.4, 0.5) is 0 Å². The number of rotatable bonds is 5. The molecular formula is C11H22N2. The van der Waals surface area contributed by atoms with Gasteiger partial charge in [0.1, 0.15) is 0 Å². The predicted molar refractivity (Wildman–Crippen MR) is 55.9 cm³/mol. The zero-order valence-corrected chi connectivity index (χ0v) is 8.52. The Hall–Kier alpha value is -0.0800. The summed E-state index contributed by atoms with van der Waals surface area (Å²) in [6.07, 6.45) is 8.53. The summed E-state index contributed by atoms with van der Waals surface area (Å²) >= 11 is 0. The molecule has 0 unspecified atom stereocenters. The summed E-state index contributed by atoms with van der Waals surface area (Å²) in [6.45, 7) is 3.67. The highest BCUT2D eigenvalue weighted by Crippen LogP contribution is 2.33. The quantitative estimate of drug-likeness (QED) is 0.630. The van der Waals surface area contributed by atoms with Gasteiger partial charge in [0.25, 0.3) is 0 Å². The number of nitrogens with one attached hydrogen (secondary N) is 2. The molecular weight excluding hydrogens is 160 g/mol. The summed E-state index contributed by atoms with van der Waals surface area (Å²) in [5.74, 6) is 1.11. The first-order chi connectivity index (χ1) is 6.45. The lowest BCUT2D eigenvalue weighted by Gasteiger charge is -2.23. The van der Waals surface area contributed by atoms with Crippen molar-refractivity contribution < 1.29 is 0 Å². The lowest BCUT2D eigenvalue weighted by molar-refractivity contribution is 0.383. The maximum Gasteiger partial charge on any atom is 0.00912 e. The van der Waals surface area contributed by atoms with Crippen molar-refractivity contribution in [1.82, 2.24) is 10.6 Å². The Balaban J connectivity index is 1.46. The van der Waals surface area contributed by atoms with Crippen LogP contribution in [0.25, 0.3) is 0 Å². The van der Waals surface area contributed by atoms with Crippen LogP contribution in [0.1, 0.15) is 38.5 Å². The van der Waals surface area contributed by atoms with E-state index in [-0.39, 0.29) is 0 Å². The van der Waals surface area contributed by atoms with Gasteiger partial charge in [0.15, 0.2) is 0 Å². The lowest BCUT2D eigenvalue weighted by Crippen LogP contribution is -2.40. The largest absolute Gasteiger partial charge is 0.317 e. The second-order valence-corrected chi connectivity index (χ2v) is 4.56. The predicted octanol–water partition coefficient (Wildman–Crippen LogP) is 1.52. The molecule has 2 N–H and O–H groups in total. The molecule has 1 aliphatic carbocycles. The molecule has 0 aromatic rings. The Morgan fingerprint density at radius 3 is 2.54 bits per heavy atom. The molecule has 0 amide bonds. The minimum Gasteiger partial charge on any atom is -0.317 e. The normalized spacial score (nSPS) is 24.9. The Kier molecular flexibility index (Phi) is 3.62. The highest BCUT2D eigenvalue weighted by atomic mass is 15.0. The zero-order chi connectivity index (χ0) is 8.93. The third kappa shape index (κ3) is 3.65. The summed E-state index contributed by atoms with van der Waals surface area (Å²) < 4.78 is 0. The fourth-order valence-electron chi connectivity index (χ4n) is 2.13. The van der Waals surface area contributed by atoms with Gasteiger partial charge in [-0.2, -0.15) is 0 Å². The van der Waals surface area contributed by atoms with Gasteiger partial charge in [-0.1, -0.05) is 12.8 Å². The van der Waals surface area contributed by atoms with Gasteiger partial charge in [0, 0.05) is 6.04 Å². The Bertz CT molecular complexity index is 137. The summed E-state index contributed by atoms with van der Waals surface area (Å²) in [5.41, 5.74) is 0. The smallest absolute Gasteiger partial charge is 0.00912 e. The van der Waals surface area contributed by atoms with Crippen LogP contribution in [0, 0.1) is 5.92 Å². The van der Waals surface area contributed by atoms with Crippen LogP contribution < -0.4 is 10.6 Å². The first-order valence-electron chi connectivity index (χ1n) is 5.89. The zero-order valence-electron chi connectivity index (χ0n) is 8.52. The third-order valence-corrected chi connectivity index (χ3v) is 3.26. The SMILES string of the molecule is C(CNC1CCNCC1)CC1CC1. The number of hydrogen-bond donors (Lipinski definition) is 2. The van der Waals surface area contributed by atoms with E-state index < -0.39 is 0 Å².